The fourth-order valence-electron chi connectivity index (χ4n) is 1.91. The number of carbonyl (C=O) groups is 2. The minimum Gasteiger partial charge on any atom is -0.353 e. The van der Waals surface area contributed by atoms with Gasteiger partial charge in [0, 0.05) is 17.8 Å². The maximum atomic E-state index is 13.1. The molecule has 2 N–H and O–H groups in total. The van der Waals surface area contributed by atoms with Crippen LogP contribution in [0.15, 0.2) is 18.2 Å². The number of benzene rings is 1. The first-order chi connectivity index (χ1) is 9.35. The quantitative estimate of drug-likeness (QED) is 0.832. The number of hydrogen-bond acceptors (Lipinski definition) is 2. The number of anilines is 1. The largest absolute Gasteiger partial charge is 0.353 e. The zero-order valence-corrected chi connectivity index (χ0v) is 11.3. The molecule has 2 rings (SSSR count). The average molecular weight is 282 g/mol. The molecule has 2 amide bonds. The zero-order chi connectivity index (χ0) is 14.9. The fourth-order valence-corrected chi connectivity index (χ4v) is 1.91. The van der Waals surface area contributed by atoms with E-state index in [-0.39, 0.29) is 17.6 Å². The summed E-state index contributed by atoms with van der Waals surface area (Å²) in [7, 11) is 0. The van der Waals surface area contributed by atoms with Gasteiger partial charge in [0.1, 0.15) is 5.41 Å². The standard InChI is InChI=1S/C14H16F2N2O2/c1-8(2)17-12(19)14(5-6-14)13(20)18-9-3-4-10(15)11(16)7-9/h3-4,7-8H,5-6H2,1-2H3,(H,17,19)(H,18,20). The number of nitrogens with one attached hydrogen (secondary N) is 2. The van der Waals surface area contributed by atoms with Gasteiger partial charge in [-0.1, -0.05) is 0 Å². The van der Waals surface area contributed by atoms with Crippen molar-refractivity contribution in [1.82, 2.24) is 5.32 Å². The van der Waals surface area contributed by atoms with Crippen molar-refractivity contribution in [2.24, 2.45) is 5.41 Å². The smallest absolute Gasteiger partial charge is 0.240 e. The van der Waals surface area contributed by atoms with Gasteiger partial charge in [-0.05, 0) is 38.8 Å². The Hall–Kier alpha value is -1.98. The first-order valence-corrected chi connectivity index (χ1v) is 6.42. The molecule has 1 aliphatic carbocycles. The van der Waals surface area contributed by atoms with Crippen LogP contribution in [0.5, 0.6) is 0 Å². The summed E-state index contributed by atoms with van der Waals surface area (Å²) in [4.78, 5) is 24.1. The Labute approximate surface area is 115 Å². The average Bonchev–Trinajstić information content (AvgIpc) is 3.14. The second kappa shape index (κ2) is 5.19. The molecule has 0 bridgehead atoms. The molecule has 108 valence electrons. The molecule has 1 saturated carbocycles. The molecule has 0 saturated heterocycles. The Bertz CT molecular complexity index is 554. The van der Waals surface area contributed by atoms with Gasteiger partial charge in [0.15, 0.2) is 11.6 Å². The molecule has 0 spiro atoms. The summed E-state index contributed by atoms with van der Waals surface area (Å²) in [6.07, 6.45) is 0.919. The van der Waals surface area contributed by atoms with Crippen LogP contribution in [0.3, 0.4) is 0 Å². The summed E-state index contributed by atoms with van der Waals surface area (Å²) >= 11 is 0. The van der Waals surface area contributed by atoms with Crippen molar-refractivity contribution in [3.8, 4) is 0 Å². The van der Waals surface area contributed by atoms with Crippen LogP contribution >= 0.6 is 0 Å². The van der Waals surface area contributed by atoms with Gasteiger partial charge in [0.05, 0.1) is 0 Å². The molecule has 0 heterocycles. The van der Waals surface area contributed by atoms with E-state index in [9.17, 15) is 18.4 Å². The highest BCUT2D eigenvalue weighted by atomic mass is 19.2. The van der Waals surface area contributed by atoms with Crippen molar-refractivity contribution in [3.63, 3.8) is 0 Å². The van der Waals surface area contributed by atoms with E-state index in [0.29, 0.717) is 12.8 Å². The molecule has 1 aromatic carbocycles. The molecule has 0 unspecified atom stereocenters. The molecule has 1 aromatic rings. The summed E-state index contributed by atoms with van der Waals surface area (Å²) < 4.78 is 25.9. The number of hydrogen-bond donors (Lipinski definition) is 2. The number of rotatable bonds is 4. The third-order valence-corrected chi connectivity index (χ3v) is 3.22. The molecule has 1 aliphatic rings. The first kappa shape index (κ1) is 14.4. The summed E-state index contributed by atoms with van der Waals surface area (Å²) in [5.41, 5.74) is -0.938. The van der Waals surface area contributed by atoms with Crippen molar-refractivity contribution < 1.29 is 18.4 Å². The van der Waals surface area contributed by atoms with Gasteiger partial charge < -0.3 is 10.6 Å². The van der Waals surface area contributed by atoms with E-state index in [4.69, 9.17) is 0 Å². The van der Waals surface area contributed by atoms with Crippen molar-refractivity contribution in [2.75, 3.05) is 5.32 Å². The molecule has 0 radical (unpaired) electrons. The topological polar surface area (TPSA) is 58.2 Å². The molecule has 20 heavy (non-hydrogen) atoms. The lowest BCUT2D eigenvalue weighted by molar-refractivity contribution is -0.134. The molecule has 4 nitrogen and oxygen atoms in total. The Morgan fingerprint density at radius 1 is 1.15 bits per heavy atom. The van der Waals surface area contributed by atoms with Gasteiger partial charge >= 0.3 is 0 Å². The molecule has 0 aromatic heterocycles. The van der Waals surface area contributed by atoms with Gasteiger partial charge in [-0.25, -0.2) is 8.78 Å². The van der Waals surface area contributed by atoms with E-state index in [1.807, 2.05) is 0 Å². The molecule has 0 aliphatic heterocycles. The van der Waals surface area contributed by atoms with Crippen LogP contribution in [0.2, 0.25) is 0 Å². The third kappa shape index (κ3) is 2.79. The normalized spacial score (nSPS) is 15.8. The predicted octanol–water partition coefficient (Wildman–Crippen LogP) is 2.21. The van der Waals surface area contributed by atoms with Crippen LogP contribution in [0.1, 0.15) is 26.7 Å². The van der Waals surface area contributed by atoms with Crippen LogP contribution < -0.4 is 10.6 Å². The van der Waals surface area contributed by atoms with Gasteiger partial charge in [-0.3, -0.25) is 9.59 Å². The molecule has 1 fully saturated rings. The van der Waals surface area contributed by atoms with E-state index in [0.717, 1.165) is 12.1 Å². The van der Waals surface area contributed by atoms with Crippen molar-refractivity contribution >= 4 is 17.5 Å². The lowest BCUT2D eigenvalue weighted by atomic mass is 10.0. The molecule has 0 atom stereocenters. The summed E-state index contributed by atoms with van der Waals surface area (Å²) in [5.74, 6) is -2.84. The van der Waals surface area contributed by atoms with Crippen LogP contribution in [0.25, 0.3) is 0 Å². The number of amides is 2. The zero-order valence-electron chi connectivity index (χ0n) is 11.3. The van der Waals surface area contributed by atoms with Crippen molar-refractivity contribution in [3.05, 3.63) is 29.8 Å². The van der Waals surface area contributed by atoms with E-state index in [1.54, 1.807) is 13.8 Å². The Kier molecular flexibility index (Phi) is 3.74. The molecule has 6 heteroatoms. The second-order valence-corrected chi connectivity index (χ2v) is 5.29. The first-order valence-electron chi connectivity index (χ1n) is 6.42. The van der Waals surface area contributed by atoms with Crippen molar-refractivity contribution in [2.45, 2.75) is 32.7 Å². The van der Waals surface area contributed by atoms with Crippen LogP contribution in [-0.2, 0) is 9.59 Å². The van der Waals surface area contributed by atoms with Gasteiger partial charge in [-0.2, -0.15) is 0 Å². The maximum absolute atomic E-state index is 13.1. The monoisotopic (exact) mass is 282 g/mol. The van der Waals surface area contributed by atoms with E-state index in [2.05, 4.69) is 10.6 Å². The third-order valence-electron chi connectivity index (χ3n) is 3.22. The maximum Gasteiger partial charge on any atom is 0.240 e. The van der Waals surface area contributed by atoms with Crippen molar-refractivity contribution in [1.29, 1.82) is 0 Å². The minimum absolute atomic E-state index is 0.0592. The Morgan fingerprint density at radius 3 is 2.30 bits per heavy atom. The SMILES string of the molecule is CC(C)NC(=O)C1(C(=O)Nc2ccc(F)c(F)c2)CC1. The van der Waals surface area contributed by atoms with E-state index >= 15 is 0 Å². The number of carbonyl (C=O) groups excluding carboxylic acids is 2. The highest BCUT2D eigenvalue weighted by Crippen LogP contribution is 2.46. The molecular weight excluding hydrogens is 266 g/mol. The predicted molar refractivity (Wildman–Crippen MR) is 69.9 cm³/mol. The minimum atomic E-state index is -1.07. The van der Waals surface area contributed by atoms with E-state index < -0.39 is 23.0 Å². The number of halogens is 2. The fraction of sp³-hybridized carbons (Fsp3) is 0.429. The van der Waals surface area contributed by atoms with Crippen LogP contribution in [0.4, 0.5) is 14.5 Å². The van der Waals surface area contributed by atoms with Crippen LogP contribution in [0, 0.1) is 17.0 Å². The summed E-state index contributed by atoms with van der Waals surface area (Å²) in [6.45, 7) is 3.61. The summed E-state index contributed by atoms with van der Waals surface area (Å²) in [6, 6.07) is 3.02. The second-order valence-electron chi connectivity index (χ2n) is 5.29. The molecular formula is C14H16F2N2O2. The lowest BCUT2D eigenvalue weighted by Crippen LogP contribution is -2.42. The van der Waals surface area contributed by atoms with Gasteiger partial charge in [-0.15, -0.1) is 0 Å². The Balaban J connectivity index is 2.08. The lowest BCUT2D eigenvalue weighted by Gasteiger charge is -2.17. The highest BCUT2D eigenvalue weighted by Gasteiger charge is 2.56. The van der Waals surface area contributed by atoms with Gasteiger partial charge in [0.2, 0.25) is 11.8 Å². The van der Waals surface area contributed by atoms with Crippen LogP contribution in [-0.4, -0.2) is 17.9 Å². The van der Waals surface area contributed by atoms with Gasteiger partial charge in [0.25, 0.3) is 0 Å². The highest BCUT2D eigenvalue weighted by molar-refractivity contribution is 6.13. The Morgan fingerprint density at radius 2 is 1.80 bits per heavy atom. The summed E-state index contributed by atoms with van der Waals surface area (Å²) in [5, 5.41) is 5.16. The van der Waals surface area contributed by atoms with E-state index in [1.165, 1.54) is 6.07 Å².